The van der Waals surface area contributed by atoms with Gasteiger partial charge in [-0.3, -0.25) is 4.98 Å². The molecule has 2 heterocycles. The lowest BCUT2D eigenvalue weighted by Gasteiger charge is -2.23. The molecule has 4 nitrogen and oxygen atoms in total. The Bertz CT molecular complexity index is 678. The molecule has 1 aromatic heterocycles. The van der Waals surface area contributed by atoms with Crippen LogP contribution in [0.3, 0.4) is 0 Å². The van der Waals surface area contributed by atoms with E-state index in [1.807, 2.05) is 42.5 Å². The molecule has 0 amide bonds. The molecule has 0 saturated heterocycles. The van der Waals surface area contributed by atoms with Crippen LogP contribution in [0.1, 0.15) is 11.3 Å². The summed E-state index contributed by atoms with van der Waals surface area (Å²) in [5.74, 6) is -0.326. The summed E-state index contributed by atoms with van der Waals surface area (Å²) in [6, 6.07) is 13.5. The van der Waals surface area contributed by atoms with Crippen molar-refractivity contribution in [1.82, 2.24) is 4.98 Å². The normalized spacial score (nSPS) is 13.4. The van der Waals surface area contributed by atoms with Crippen molar-refractivity contribution in [2.75, 3.05) is 12.4 Å². The molecule has 1 aromatic carbocycles. The van der Waals surface area contributed by atoms with Crippen LogP contribution in [-0.2, 0) is 16.0 Å². The number of benzene rings is 1. The molecule has 20 heavy (non-hydrogen) atoms. The van der Waals surface area contributed by atoms with Gasteiger partial charge in [0.25, 0.3) is 0 Å². The number of nitrogens with one attached hydrogen (secondary N) is 1. The minimum Gasteiger partial charge on any atom is -0.466 e. The number of hydrogen-bond donors (Lipinski definition) is 1. The van der Waals surface area contributed by atoms with Gasteiger partial charge in [0, 0.05) is 18.3 Å². The number of para-hydroxylation sites is 1. The summed E-state index contributed by atoms with van der Waals surface area (Å²) in [4.78, 5) is 16.3. The van der Waals surface area contributed by atoms with E-state index in [1.54, 1.807) is 6.20 Å². The molecular weight excluding hydrogens is 252 g/mol. The summed E-state index contributed by atoms with van der Waals surface area (Å²) < 4.78 is 4.89. The van der Waals surface area contributed by atoms with E-state index in [2.05, 4.69) is 10.3 Å². The van der Waals surface area contributed by atoms with Gasteiger partial charge in [0.05, 0.1) is 24.1 Å². The highest BCUT2D eigenvalue weighted by molar-refractivity contribution is 6.02. The zero-order chi connectivity index (χ0) is 13.9. The first-order chi connectivity index (χ1) is 9.79. The van der Waals surface area contributed by atoms with E-state index in [9.17, 15) is 4.79 Å². The molecule has 2 aromatic rings. The fourth-order valence-corrected chi connectivity index (χ4v) is 2.31. The number of fused-ring (bicyclic) bond motifs is 1. The minimum atomic E-state index is -0.326. The Morgan fingerprint density at radius 3 is 2.75 bits per heavy atom. The number of anilines is 1. The molecule has 0 fully saturated rings. The quantitative estimate of drug-likeness (QED) is 0.849. The number of carbonyl (C=O) groups excluding carboxylic acids is 1. The maximum Gasteiger partial charge on any atom is 0.336 e. The predicted octanol–water partition coefficient (Wildman–Crippen LogP) is 2.63. The number of methoxy groups -OCH3 is 1. The van der Waals surface area contributed by atoms with Crippen LogP contribution in [0.5, 0.6) is 0 Å². The predicted molar refractivity (Wildman–Crippen MR) is 76.9 cm³/mol. The van der Waals surface area contributed by atoms with Crippen LogP contribution in [0.25, 0.3) is 5.70 Å². The summed E-state index contributed by atoms with van der Waals surface area (Å²) in [7, 11) is 1.39. The number of esters is 1. The Morgan fingerprint density at radius 1 is 1.20 bits per heavy atom. The second kappa shape index (κ2) is 5.17. The monoisotopic (exact) mass is 266 g/mol. The van der Waals surface area contributed by atoms with Crippen molar-refractivity contribution in [2.45, 2.75) is 6.42 Å². The summed E-state index contributed by atoms with van der Waals surface area (Å²) in [5.41, 5.74) is 4.14. The van der Waals surface area contributed by atoms with E-state index in [4.69, 9.17) is 4.74 Å². The highest BCUT2D eigenvalue weighted by atomic mass is 16.5. The summed E-state index contributed by atoms with van der Waals surface area (Å²) in [6.45, 7) is 0. The molecule has 1 aliphatic rings. The average molecular weight is 266 g/mol. The van der Waals surface area contributed by atoms with Crippen molar-refractivity contribution in [2.24, 2.45) is 0 Å². The van der Waals surface area contributed by atoms with Crippen molar-refractivity contribution < 1.29 is 9.53 Å². The van der Waals surface area contributed by atoms with Gasteiger partial charge in [-0.1, -0.05) is 24.3 Å². The molecule has 1 N–H and O–H groups in total. The second-order valence-electron chi connectivity index (χ2n) is 4.52. The third-order valence-electron chi connectivity index (χ3n) is 3.30. The number of rotatable bonds is 2. The van der Waals surface area contributed by atoms with Gasteiger partial charge in [-0.05, 0) is 23.8 Å². The first-order valence-electron chi connectivity index (χ1n) is 6.37. The standard InChI is InChI=1S/C16H14N2O2/c1-20-16(19)12-10-11-6-2-3-7-13(11)18-15(12)14-8-4-5-9-17-14/h2-9,18H,10H2,1H3. The highest BCUT2D eigenvalue weighted by Gasteiger charge is 2.24. The number of ether oxygens (including phenoxy) is 1. The Morgan fingerprint density at radius 2 is 2.00 bits per heavy atom. The van der Waals surface area contributed by atoms with E-state index in [0.29, 0.717) is 12.0 Å². The molecule has 3 rings (SSSR count). The van der Waals surface area contributed by atoms with Crippen molar-refractivity contribution in [3.05, 3.63) is 65.5 Å². The topological polar surface area (TPSA) is 51.2 Å². The number of carbonyl (C=O) groups is 1. The largest absolute Gasteiger partial charge is 0.466 e. The highest BCUT2D eigenvalue weighted by Crippen LogP contribution is 2.31. The van der Waals surface area contributed by atoms with Gasteiger partial charge >= 0.3 is 5.97 Å². The van der Waals surface area contributed by atoms with Crippen molar-refractivity contribution in [3.63, 3.8) is 0 Å². The number of hydrogen-bond acceptors (Lipinski definition) is 4. The fraction of sp³-hybridized carbons (Fsp3) is 0.125. The van der Waals surface area contributed by atoms with E-state index in [0.717, 1.165) is 22.6 Å². The Hall–Kier alpha value is -2.62. The fourth-order valence-electron chi connectivity index (χ4n) is 2.31. The van der Waals surface area contributed by atoms with Crippen LogP contribution in [-0.4, -0.2) is 18.1 Å². The van der Waals surface area contributed by atoms with Gasteiger partial charge in [0.2, 0.25) is 0 Å². The van der Waals surface area contributed by atoms with Crippen molar-refractivity contribution in [1.29, 1.82) is 0 Å². The number of nitrogens with zero attached hydrogens (tertiary/aromatic N) is 1. The van der Waals surface area contributed by atoms with Gasteiger partial charge in [-0.2, -0.15) is 0 Å². The SMILES string of the molecule is COC(=O)C1=C(c2ccccn2)Nc2ccccc2C1. The van der Waals surface area contributed by atoms with Crippen LogP contribution in [0.2, 0.25) is 0 Å². The van der Waals surface area contributed by atoms with Crippen LogP contribution in [0, 0.1) is 0 Å². The van der Waals surface area contributed by atoms with Crippen molar-refractivity contribution in [3.8, 4) is 0 Å². The lowest BCUT2D eigenvalue weighted by atomic mass is 9.96. The smallest absolute Gasteiger partial charge is 0.336 e. The van der Waals surface area contributed by atoms with Crippen LogP contribution in [0.15, 0.2) is 54.2 Å². The van der Waals surface area contributed by atoms with Crippen molar-refractivity contribution >= 4 is 17.4 Å². The molecule has 0 atom stereocenters. The zero-order valence-corrected chi connectivity index (χ0v) is 11.1. The molecule has 100 valence electrons. The van der Waals surface area contributed by atoms with Gasteiger partial charge in [-0.15, -0.1) is 0 Å². The van der Waals surface area contributed by atoms with Gasteiger partial charge < -0.3 is 10.1 Å². The second-order valence-corrected chi connectivity index (χ2v) is 4.52. The lowest BCUT2D eigenvalue weighted by Crippen LogP contribution is -2.19. The molecule has 0 spiro atoms. The molecule has 0 radical (unpaired) electrons. The molecule has 0 aliphatic carbocycles. The lowest BCUT2D eigenvalue weighted by molar-refractivity contribution is -0.136. The summed E-state index contributed by atoms with van der Waals surface area (Å²) in [5, 5.41) is 3.29. The third kappa shape index (κ3) is 2.16. The summed E-state index contributed by atoms with van der Waals surface area (Å²) in [6.07, 6.45) is 2.25. The number of aromatic nitrogens is 1. The van der Waals surface area contributed by atoms with Crippen LogP contribution in [0.4, 0.5) is 5.69 Å². The first-order valence-corrected chi connectivity index (χ1v) is 6.37. The molecule has 0 saturated carbocycles. The minimum absolute atomic E-state index is 0.326. The third-order valence-corrected chi connectivity index (χ3v) is 3.30. The summed E-state index contributed by atoms with van der Waals surface area (Å²) >= 11 is 0. The first kappa shape index (κ1) is 12.4. The maximum absolute atomic E-state index is 12.0. The average Bonchev–Trinajstić information content (AvgIpc) is 2.53. The number of pyridine rings is 1. The van der Waals surface area contributed by atoms with Gasteiger partial charge in [0.1, 0.15) is 0 Å². The zero-order valence-electron chi connectivity index (χ0n) is 11.1. The van der Waals surface area contributed by atoms with Gasteiger partial charge in [-0.25, -0.2) is 4.79 Å². The Balaban J connectivity index is 2.11. The maximum atomic E-state index is 12.0. The Kier molecular flexibility index (Phi) is 3.21. The molecule has 0 unspecified atom stereocenters. The van der Waals surface area contributed by atoms with Gasteiger partial charge in [0.15, 0.2) is 0 Å². The van der Waals surface area contributed by atoms with Crippen LogP contribution >= 0.6 is 0 Å². The van der Waals surface area contributed by atoms with E-state index in [-0.39, 0.29) is 5.97 Å². The molecule has 1 aliphatic heterocycles. The van der Waals surface area contributed by atoms with E-state index in [1.165, 1.54) is 7.11 Å². The van der Waals surface area contributed by atoms with E-state index < -0.39 is 0 Å². The Labute approximate surface area is 117 Å². The molecule has 4 heteroatoms. The van der Waals surface area contributed by atoms with E-state index >= 15 is 0 Å². The molecular formula is C16H14N2O2. The molecule has 0 bridgehead atoms. The van der Waals surface area contributed by atoms with Crippen LogP contribution < -0.4 is 5.32 Å².